The summed E-state index contributed by atoms with van der Waals surface area (Å²) in [5, 5.41) is 9.13. The Labute approximate surface area is 114 Å². The zero-order chi connectivity index (χ0) is 14.0. The highest BCUT2D eigenvalue weighted by molar-refractivity contribution is 7.91. The molecule has 0 atom stereocenters. The number of esters is 1. The molecular weight excluding hydrogens is 292 g/mol. The van der Waals surface area contributed by atoms with Crippen molar-refractivity contribution in [3.05, 3.63) is 11.2 Å². The van der Waals surface area contributed by atoms with E-state index in [0.717, 1.165) is 11.3 Å². The summed E-state index contributed by atoms with van der Waals surface area (Å²) in [7, 11) is -2.60. The zero-order valence-electron chi connectivity index (χ0n) is 10.2. The molecule has 1 aromatic heterocycles. The van der Waals surface area contributed by atoms with Crippen LogP contribution in [0.15, 0.2) is 9.72 Å². The van der Waals surface area contributed by atoms with Crippen molar-refractivity contribution in [1.29, 1.82) is 0 Å². The van der Waals surface area contributed by atoms with Crippen LogP contribution in [0.1, 0.15) is 23.3 Å². The summed E-state index contributed by atoms with van der Waals surface area (Å²) in [4.78, 5) is 15.1. The third-order valence-corrected chi connectivity index (χ3v) is 5.72. The molecule has 0 spiro atoms. The first-order valence-corrected chi connectivity index (χ1v) is 8.00. The lowest BCUT2D eigenvalue weighted by molar-refractivity contribution is 0.0453. The van der Waals surface area contributed by atoms with Gasteiger partial charge in [0.25, 0.3) is 10.0 Å². The first kappa shape index (κ1) is 14.4. The van der Waals surface area contributed by atoms with E-state index in [4.69, 9.17) is 5.11 Å². The molecule has 106 valence electrons. The standard InChI is InChI=1S/C10H14N2O5S2/c1-17-9(14)8-10(18-5-11-8)19(15,16)12-4-6-2-7(13)3-6/h5-7,12-13H,2-4H2,1H3. The Morgan fingerprint density at radius 1 is 1.63 bits per heavy atom. The van der Waals surface area contributed by atoms with Crippen LogP contribution in [0.2, 0.25) is 0 Å². The average Bonchev–Trinajstić information content (AvgIpc) is 2.82. The molecule has 1 aliphatic rings. The number of hydrogen-bond acceptors (Lipinski definition) is 7. The van der Waals surface area contributed by atoms with Gasteiger partial charge in [0.05, 0.1) is 18.7 Å². The summed E-state index contributed by atoms with van der Waals surface area (Å²) in [5.41, 5.74) is 1.09. The number of ether oxygens (including phenoxy) is 1. The molecule has 2 N–H and O–H groups in total. The molecule has 1 aliphatic carbocycles. The molecule has 0 saturated heterocycles. The number of carbonyl (C=O) groups is 1. The average molecular weight is 306 g/mol. The predicted molar refractivity (Wildman–Crippen MR) is 67.4 cm³/mol. The Balaban J connectivity index is 2.07. The number of nitrogens with one attached hydrogen (secondary N) is 1. The van der Waals surface area contributed by atoms with Gasteiger partial charge in [-0.1, -0.05) is 0 Å². The van der Waals surface area contributed by atoms with E-state index in [2.05, 4.69) is 14.4 Å². The highest BCUT2D eigenvalue weighted by Gasteiger charge is 2.31. The molecule has 0 aromatic carbocycles. The summed E-state index contributed by atoms with van der Waals surface area (Å²) < 4.78 is 30.9. The summed E-state index contributed by atoms with van der Waals surface area (Å²) in [6.07, 6.45) is 0.855. The SMILES string of the molecule is COC(=O)c1ncsc1S(=O)(=O)NCC1CC(O)C1. The van der Waals surface area contributed by atoms with Crippen molar-refractivity contribution in [2.75, 3.05) is 13.7 Å². The molecule has 2 rings (SSSR count). The van der Waals surface area contributed by atoms with Gasteiger partial charge >= 0.3 is 5.97 Å². The van der Waals surface area contributed by atoms with Crippen molar-refractivity contribution in [3.8, 4) is 0 Å². The van der Waals surface area contributed by atoms with Crippen LogP contribution < -0.4 is 4.72 Å². The summed E-state index contributed by atoms with van der Waals surface area (Å²) in [5.74, 6) is -0.639. The van der Waals surface area contributed by atoms with Crippen molar-refractivity contribution in [1.82, 2.24) is 9.71 Å². The van der Waals surface area contributed by atoms with Gasteiger partial charge in [0.1, 0.15) is 0 Å². The maximum Gasteiger partial charge on any atom is 0.358 e. The third-order valence-electron chi connectivity index (χ3n) is 2.93. The minimum atomic E-state index is -3.77. The molecule has 1 heterocycles. The van der Waals surface area contributed by atoms with Crippen molar-refractivity contribution in [2.45, 2.75) is 23.2 Å². The van der Waals surface area contributed by atoms with E-state index in [-0.39, 0.29) is 28.5 Å². The summed E-state index contributed by atoms with van der Waals surface area (Å²) in [6.45, 7) is 0.248. The number of aliphatic hydroxyl groups is 1. The maximum absolute atomic E-state index is 12.0. The monoisotopic (exact) mass is 306 g/mol. The second-order valence-corrected chi connectivity index (χ2v) is 7.14. The van der Waals surface area contributed by atoms with Gasteiger partial charge < -0.3 is 9.84 Å². The fourth-order valence-corrected chi connectivity index (χ4v) is 4.11. The number of methoxy groups -OCH3 is 1. The first-order chi connectivity index (χ1) is 8.94. The minimum Gasteiger partial charge on any atom is -0.464 e. The molecule has 0 amide bonds. The highest BCUT2D eigenvalue weighted by Crippen LogP contribution is 2.27. The Kier molecular flexibility index (Phi) is 4.19. The van der Waals surface area contributed by atoms with Gasteiger partial charge in [-0.05, 0) is 18.8 Å². The van der Waals surface area contributed by atoms with Gasteiger partial charge in [-0.25, -0.2) is 22.9 Å². The van der Waals surface area contributed by atoms with E-state index < -0.39 is 16.0 Å². The van der Waals surface area contributed by atoms with Crippen LogP contribution in [-0.2, 0) is 14.8 Å². The number of aromatic nitrogens is 1. The van der Waals surface area contributed by atoms with Gasteiger partial charge in [0.15, 0.2) is 9.90 Å². The van der Waals surface area contributed by atoms with Crippen molar-refractivity contribution in [2.24, 2.45) is 5.92 Å². The van der Waals surface area contributed by atoms with E-state index in [1.165, 1.54) is 12.6 Å². The molecule has 0 bridgehead atoms. The maximum atomic E-state index is 12.0. The number of aliphatic hydroxyl groups excluding tert-OH is 1. The van der Waals surface area contributed by atoms with Gasteiger partial charge in [0.2, 0.25) is 0 Å². The Morgan fingerprint density at radius 3 is 2.89 bits per heavy atom. The lowest BCUT2D eigenvalue weighted by Gasteiger charge is -2.31. The van der Waals surface area contributed by atoms with Crippen LogP contribution in [0.5, 0.6) is 0 Å². The van der Waals surface area contributed by atoms with E-state index >= 15 is 0 Å². The minimum absolute atomic E-state index is 0.138. The second-order valence-electron chi connectivity index (χ2n) is 4.32. The van der Waals surface area contributed by atoms with Crippen LogP contribution in [0, 0.1) is 5.92 Å². The van der Waals surface area contributed by atoms with Crippen molar-refractivity contribution in [3.63, 3.8) is 0 Å². The van der Waals surface area contributed by atoms with Crippen molar-refractivity contribution >= 4 is 27.3 Å². The number of rotatable bonds is 5. The normalized spacial score (nSPS) is 22.8. The fourth-order valence-electron chi connectivity index (χ4n) is 1.82. The van der Waals surface area contributed by atoms with E-state index in [1.54, 1.807) is 0 Å². The second kappa shape index (κ2) is 5.53. The van der Waals surface area contributed by atoms with Crippen LogP contribution in [0.25, 0.3) is 0 Å². The topological polar surface area (TPSA) is 106 Å². The summed E-state index contributed by atoms with van der Waals surface area (Å²) in [6, 6.07) is 0. The first-order valence-electron chi connectivity index (χ1n) is 5.63. The molecule has 0 unspecified atom stereocenters. The molecule has 1 fully saturated rings. The number of thiazole rings is 1. The smallest absolute Gasteiger partial charge is 0.358 e. The Morgan fingerprint density at radius 2 is 2.32 bits per heavy atom. The lowest BCUT2D eigenvalue weighted by atomic mass is 9.83. The molecule has 1 aromatic rings. The molecule has 1 saturated carbocycles. The molecule has 19 heavy (non-hydrogen) atoms. The van der Waals surface area contributed by atoms with Gasteiger partial charge in [0, 0.05) is 6.54 Å². The van der Waals surface area contributed by atoms with E-state index in [0.29, 0.717) is 12.8 Å². The molecule has 7 nitrogen and oxygen atoms in total. The van der Waals surface area contributed by atoms with Crippen LogP contribution in [0.3, 0.4) is 0 Å². The molecule has 0 radical (unpaired) electrons. The van der Waals surface area contributed by atoms with Crippen LogP contribution in [0.4, 0.5) is 0 Å². The van der Waals surface area contributed by atoms with Crippen LogP contribution in [-0.4, -0.2) is 44.2 Å². The van der Waals surface area contributed by atoms with Gasteiger partial charge in [-0.3, -0.25) is 0 Å². The van der Waals surface area contributed by atoms with E-state index in [1.807, 2.05) is 0 Å². The number of nitrogens with zero attached hydrogens (tertiary/aromatic N) is 1. The molecule has 9 heteroatoms. The fraction of sp³-hybridized carbons (Fsp3) is 0.600. The van der Waals surface area contributed by atoms with Crippen molar-refractivity contribution < 1.29 is 23.1 Å². The number of carbonyl (C=O) groups excluding carboxylic acids is 1. The highest BCUT2D eigenvalue weighted by atomic mass is 32.2. The Hall–Kier alpha value is -1.03. The predicted octanol–water partition coefficient (Wildman–Crippen LogP) is -0.0211. The molecular formula is C10H14N2O5S2. The third kappa shape index (κ3) is 3.11. The Bertz CT molecular complexity index is 562. The number of hydrogen-bond donors (Lipinski definition) is 2. The largest absolute Gasteiger partial charge is 0.464 e. The molecule has 0 aliphatic heterocycles. The quantitative estimate of drug-likeness (QED) is 0.741. The summed E-state index contributed by atoms with van der Waals surface area (Å²) >= 11 is 0.866. The van der Waals surface area contributed by atoms with Gasteiger partial charge in [-0.15, -0.1) is 11.3 Å². The van der Waals surface area contributed by atoms with Gasteiger partial charge in [-0.2, -0.15) is 0 Å². The van der Waals surface area contributed by atoms with E-state index in [9.17, 15) is 13.2 Å². The lowest BCUT2D eigenvalue weighted by Crippen LogP contribution is -2.38. The van der Waals surface area contributed by atoms with Crippen LogP contribution >= 0.6 is 11.3 Å². The zero-order valence-corrected chi connectivity index (χ0v) is 11.8. The number of sulfonamides is 1.